The highest BCUT2D eigenvalue weighted by atomic mass is 35.5. The molecule has 0 fully saturated rings. The molecule has 0 bridgehead atoms. The molecule has 1 N–H and O–H groups in total. The van der Waals surface area contributed by atoms with Crippen LogP contribution in [0, 0.1) is 0 Å². The second-order valence-electron chi connectivity index (χ2n) is 3.83. The molecule has 0 aromatic heterocycles. The molecule has 0 aliphatic rings. The lowest BCUT2D eigenvalue weighted by molar-refractivity contribution is 0.333. The molecule has 0 unspecified atom stereocenters. The number of hydrogen-bond donors (Lipinski definition) is 1. The monoisotopic (exact) mass is 315 g/mol. The minimum atomic E-state index is 0.504. The molecule has 0 aliphatic carbocycles. The lowest BCUT2D eigenvalue weighted by Crippen LogP contribution is -2.11. The van der Waals surface area contributed by atoms with Crippen LogP contribution >= 0.6 is 34.8 Å². The Labute approximate surface area is 127 Å². The zero-order valence-electron chi connectivity index (χ0n) is 10.00. The van der Waals surface area contributed by atoms with Gasteiger partial charge in [0.25, 0.3) is 0 Å². The van der Waals surface area contributed by atoms with Gasteiger partial charge in [-0.15, -0.1) is 0 Å². The van der Waals surface area contributed by atoms with Crippen molar-refractivity contribution in [1.29, 1.82) is 0 Å². The molecule has 0 amide bonds. The third-order valence-electron chi connectivity index (χ3n) is 2.45. The second kappa shape index (κ2) is 6.90. The lowest BCUT2D eigenvalue weighted by Gasteiger charge is -2.10. The number of para-hydroxylation sites is 1. The van der Waals surface area contributed by atoms with Gasteiger partial charge >= 0.3 is 0 Å². The molecule has 0 saturated heterocycles. The molecule has 2 nitrogen and oxygen atoms in total. The Balaban J connectivity index is 1.81. The van der Waals surface area contributed by atoms with Gasteiger partial charge in [-0.1, -0.05) is 46.9 Å². The lowest BCUT2D eigenvalue weighted by atomic mass is 10.3. The van der Waals surface area contributed by atoms with E-state index in [4.69, 9.17) is 39.5 Å². The highest BCUT2D eigenvalue weighted by Crippen LogP contribution is 2.25. The van der Waals surface area contributed by atoms with E-state index in [0.29, 0.717) is 34.0 Å². The van der Waals surface area contributed by atoms with Crippen LogP contribution < -0.4 is 10.1 Å². The first-order chi connectivity index (χ1) is 9.16. The van der Waals surface area contributed by atoms with Crippen LogP contribution in [0.1, 0.15) is 0 Å². The van der Waals surface area contributed by atoms with E-state index in [1.165, 1.54) is 0 Å². The largest absolute Gasteiger partial charge is 0.490 e. The van der Waals surface area contributed by atoms with Crippen LogP contribution in [0.3, 0.4) is 0 Å². The Morgan fingerprint density at radius 2 is 1.68 bits per heavy atom. The van der Waals surface area contributed by atoms with Crippen LogP contribution in [0.15, 0.2) is 42.5 Å². The summed E-state index contributed by atoms with van der Waals surface area (Å²) in [7, 11) is 0. The molecule has 0 heterocycles. The molecule has 0 radical (unpaired) electrons. The van der Waals surface area contributed by atoms with Crippen molar-refractivity contribution in [3.05, 3.63) is 57.5 Å². The third-order valence-corrected chi connectivity index (χ3v) is 3.50. The van der Waals surface area contributed by atoms with Gasteiger partial charge in [0.05, 0.1) is 15.1 Å². The molecule has 2 aromatic carbocycles. The predicted molar refractivity (Wildman–Crippen MR) is 81.9 cm³/mol. The Hall–Kier alpha value is -1.09. The molecule has 2 aromatic rings. The molecule has 2 rings (SSSR count). The summed E-state index contributed by atoms with van der Waals surface area (Å²) in [6, 6.07) is 12.8. The Kier molecular flexibility index (Phi) is 5.20. The molecular weight excluding hydrogens is 305 g/mol. The van der Waals surface area contributed by atoms with E-state index in [9.17, 15) is 0 Å². The molecule has 100 valence electrons. The normalized spacial score (nSPS) is 10.3. The topological polar surface area (TPSA) is 21.3 Å². The van der Waals surface area contributed by atoms with Crippen LogP contribution in [-0.4, -0.2) is 13.2 Å². The average Bonchev–Trinajstić information content (AvgIpc) is 2.40. The number of rotatable bonds is 5. The van der Waals surface area contributed by atoms with Crippen LogP contribution in [0.2, 0.25) is 15.1 Å². The van der Waals surface area contributed by atoms with Gasteiger partial charge in [-0.25, -0.2) is 0 Å². The first kappa shape index (κ1) is 14.3. The van der Waals surface area contributed by atoms with Crippen molar-refractivity contribution < 1.29 is 4.74 Å². The zero-order chi connectivity index (χ0) is 13.7. The van der Waals surface area contributed by atoms with Gasteiger partial charge in [0, 0.05) is 12.2 Å². The summed E-state index contributed by atoms with van der Waals surface area (Å²) in [5.74, 6) is 0.681. The fourth-order valence-electron chi connectivity index (χ4n) is 1.52. The first-order valence-corrected chi connectivity index (χ1v) is 6.86. The van der Waals surface area contributed by atoms with Gasteiger partial charge < -0.3 is 10.1 Å². The summed E-state index contributed by atoms with van der Waals surface area (Å²) in [5.41, 5.74) is 0.900. The van der Waals surface area contributed by atoms with Crippen molar-refractivity contribution in [2.45, 2.75) is 0 Å². The van der Waals surface area contributed by atoms with Gasteiger partial charge in [-0.3, -0.25) is 0 Å². The van der Waals surface area contributed by atoms with Gasteiger partial charge in [-0.05, 0) is 30.3 Å². The van der Waals surface area contributed by atoms with E-state index >= 15 is 0 Å². The second-order valence-corrected chi connectivity index (χ2v) is 5.06. The smallest absolute Gasteiger partial charge is 0.137 e. The molecule has 0 spiro atoms. The zero-order valence-corrected chi connectivity index (χ0v) is 12.3. The highest BCUT2D eigenvalue weighted by molar-refractivity contribution is 6.42. The summed E-state index contributed by atoms with van der Waals surface area (Å²) in [6.07, 6.45) is 0. The fourth-order valence-corrected chi connectivity index (χ4v) is 2.01. The quantitative estimate of drug-likeness (QED) is 0.771. The molecule has 0 aliphatic heterocycles. The van der Waals surface area contributed by atoms with Crippen LogP contribution in [0.5, 0.6) is 5.75 Å². The Morgan fingerprint density at radius 1 is 0.895 bits per heavy atom. The molecule has 0 saturated carbocycles. The SMILES string of the molecule is Clc1ccc(NCCOc2ccccc2Cl)cc1Cl. The number of halogens is 3. The number of hydrogen-bond acceptors (Lipinski definition) is 2. The standard InChI is InChI=1S/C14H12Cl3NO/c15-11-6-5-10(9-13(11)17)18-7-8-19-14-4-2-1-3-12(14)16/h1-6,9,18H,7-8H2. The minimum Gasteiger partial charge on any atom is -0.490 e. The van der Waals surface area contributed by atoms with Crippen LogP contribution in [0.4, 0.5) is 5.69 Å². The van der Waals surface area contributed by atoms with Crippen molar-refractivity contribution >= 4 is 40.5 Å². The van der Waals surface area contributed by atoms with Crippen molar-refractivity contribution in [3.63, 3.8) is 0 Å². The number of ether oxygens (including phenoxy) is 1. The summed E-state index contributed by atoms with van der Waals surface area (Å²) < 4.78 is 5.56. The minimum absolute atomic E-state index is 0.504. The van der Waals surface area contributed by atoms with E-state index in [-0.39, 0.29) is 0 Å². The Bertz CT molecular complexity index is 560. The number of nitrogens with one attached hydrogen (secondary N) is 1. The van der Waals surface area contributed by atoms with Crippen LogP contribution in [0.25, 0.3) is 0 Å². The molecule has 0 atom stereocenters. The maximum absolute atomic E-state index is 5.98. The van der Waals surface area contributed by atoms with Crippen LogP contribution in [-0.2, 0) is 0 Å². The average molecular weight is 317 g/mol. The van der Waals surface area contributed by atoms with Crippen molar-refractivity contribution in [1.82, 2.24) is 0 Å². The first-order valence-electron chi connectivity index (χ1n) is 5.73. The summed E-state index contributed by atoms with van der Waals surface area (Å²) in [4.78, 5) is 0. The van der Waals surface area contributed by atoms with Crippen molar-refractivity contribution in [3.8, 4) is 5.75 Å². The van der Waals surface area contributed by atoms with Gasteiger partial charge in [-0.2, -0.15) is 0 Å². The summed E-state index contributed by atoms with van der Waals surface area (Å²) >= 11 is 17.7. The fraction of sp³-hybridized carbons (Fsp3) is 0.143. The van der Waals surface area contributed by atoms with E-state index < -0.39 is 0 Å². The van der Waals surface area contributed by atoms with Gasteiger partial charge in [0.1, 0.15) is 12.4 Å². The highest BCUT2D eigenvalue weighted by Gasteiger charge is 2.01. The maximum atomic E-state index is 5.98. The third kappa shape index (κ3) is 4.20. The number of anilines is 1. The van der Waals surface area contributed by atoms with E-state index in [0.717, 1.165) is 5.69 Å². The number of benzene rings is 2. The van der Waals surface area contributed by atoms with Crippen molar-refractivity contribution in [2.75, 3.05) is 18.5 Å². The van der Waals surface area contributed by atoms with Gasteiger partial charge in [0.2, 0.25) is 0 Å². The van der Waals surface area contributed by atoms with E-state index in [2.05, 4.69) is 5.32 Å². The maximum Gasteiger partial charge on any atom is 0.137 e. The summed E-state index contributed by atoms with van der Waals surface area (Å²) in [6.45, 7) is 1.15. The molecule has 19 heavy (non-hydrogen) atoms. The van der Waals surface area contributed by atoms with E-state index in [1.54, 1.807) is 18.2 Å². The van der Waals surface area contributed by atoms with Crippen molar-refractivity contribution in [2.24, 2.45) is 0 Å². The van der Waals surface area contributed by atoms with E-state index in [1.807, 2.05) is 24.3 Å². The Morgan fingerprint density at radius 3 is 2.42 bits per heavy atom. The summed E-state index contributed by atoms with van der Waals surface area (Å²) in [5, 5.41) is 4.87. The molecular formula is C14H12Cl3NO. The van der Waals surface area contributed by atoms with Gasteiger partial charge in [0.15, 0.2) is 0 Å². The molecule has 5 heteroatoms. The predicted octanol–water partition coefficient (Wildman–Crippen LogP) is 5.14.